The van der Waals surface area contributed by atoms with E-state index < -0.39 is 9.84 Å². The Morgan fingerprint density at radius 2 is 2.11 bits per heavy atom. The normalized spacial score (nSPS) is 39.4. The van der Waals surface area contributed by atoms with Crippen molar-refractivity contribution in [3.8, 4) is 0 Å². The quantitative estimate of drug-likeness (QED) is 0.583. The molecule has 4 fully saturated rings. The van der Waals surface area contributed by atoms with Gasteiger partial charge in [-0.2, -0.15) is 0 Å². The van der Waals surface area contributed by atoms with E-state index in [4.69, 9.17) is 9.73 Å². The molecule has 0 aromatic heterocycles. The van der Waals surface area contributed by atoms with Gasteiger partial charge in [0.15, 0.2) is 15.8 Å². The number of nitrogens with one attached hydrogen (secondary N) is 1. The van der Waals surface area contributed by atoms with Crippen molar-refractivity contribution in [2.24, 2.45) is 22.2 Å². The lowest BCUT2D eigenvalue weighted by atomic mass is 9.86. The lowest BCUT2D eigenvalue weighted by Crippen LogP contribution is -2.49. The van der Waals surface area contributed by atoms with Gasteiger partial charge in [0.25, 0.3) is 0 Å². The fourth-order valence-corrected chi connectivity index (χ4v) is 7.10. The van der Waals surface area contributed by atoms with Crippen molar-refractivity contribution in [3.63, 3.8) is 0 Å². The van der Waals surface area contributed by atoms with Gasteiger partial charge in [0, 0.05) is 37.7 Å². The molecule has 7 heteroatoms. The number of rotatable bonds is 3. The first kappa shape index (κ1) is 19.5. The second-order valence-corrected chi connectivity index (χ2v) is 11.6. The molecule has 6 nitrogen and oxygen atoms in total. The van der Waals surface area contributed by atoms with E-state index in [-0.39, 0.29) is 5.92 Å². The van der Waals surface area contributed by atoms with Crippen molar-refractivity contribution in [1.29, 1.82) is 0 Å². The van der Waals surface area contributed by atoms with E-state index in [0.717, 1.165) is 45.1 Å². The number of nitrogens with zero attached hydrogens (tertiary/aromatic N) is 2. The minimum absolute atomic E-state index is 0.182. The Balaban J connectivity index is 1.45. The van der Waals surface area contributed by atoms with Crippen LogP contribution in [0.4, 0.5) is 0 Å². The van der Waals surface area contributed by atoms with E-state index in [1.165, 1.54) is 32.1 Å². The third-order valence-electron chi connectivity index (χ3n) is 7.17. The Morgan fingerprint density at radius 1 is 1.26 bits per heavy atom. The van der Waals surface area contributed by atoms with Gasteiger partial charge in [0.2, 0.25) is 0 Å². The van der Waals surface area contributed by atoms with Gasteiger partial charge in [-0.25, -0.2) is 8.42 Å². The number of hydrogen-bond acceptors (Lipinski definition) is 4. The summed E-state index contributed by atoms with van der Waals surface area (Å²) in [5, 5.41) is 3.78. The smallest absolute Gasteiger partial charge is 0.194 e. The Labute approximate surface area is 164 Å². The monoisotopic (exact) mass is 397 g/mol. The zero-order valence-corrected chi connectivity index (χ0v) is 17.5. The predicted molar refractivity (Wildman–Crippen MR) is 108 cm³/mol. The first-order valence-electron chi connectivity index (χ1n) is 10.8. The molecule has 0 bridgehead atoms. The third-order valence-corrected chi connectivity index (χ3v) is 9.01. The van der Waals surface area contributed by atoms with Crippen LogP contribution >= 0.6 is 0 Å². The molecule has 4 aliphatic rings. The van der Waals surface area contributed by atoms with E-state index in [1.807, 2.05) is 0 Å². The third kappa shape index (κ3) is 4.61. The molecule has 3 saturated heterocycles. The summed E-state index contributed by atoms with van der Waals surface area (Å²) in [4.78, 5) is 7.38. The Kier molecular flexibility index (Phi) is 5.70. The van der Waals surface area contributed by atoms with Crippen LogP contribution in [0.5, 0.6) is 0 Å². The molecule has 1 N–H and O–H groups in total. The van der Waals surface area contributed by atoms with E-state index in [9.17, 15) is 8.42 Å². The van der Waals surface area contributed by atoms with Gasteiger partial charge in [0.1, 0.15) is 0 Å². The largest absolute Gasteiger partial charge is 0.381 e. The summed E-state index contributed by atoms with van der Waals surface area (Å²) in [6.45, 7) is 6.77. The molecule has 27 heavy (non-hydrogen) atoms. The van der Waals surface area contributed by atoms with Crippen molar-refractivity contribution in [1.82, 2.24) is 10.2 Å². The lowest BCUT2D eigenvalue weighted by molar-refractivity contribution is 0.156. The van der Waals surface area contributed by atoms with Crippen molar-refractivity contribution >= 4 is 15.8 Å². The van der Waals surface area contributed by atoms with Gasteiger partial charge in [-0.1, -0.05) is 19.8 Å². The highest BCUT2D eigenvalue weighted by molar-refractivity contribution is 7.91. The molecule has 1 saturated carbocycles. The standard InChI is InChI=1S/C20H35N3O3S/c1-16-4-2-3-5-18(16)22-19(21-12-17-6-11-27(24,25)13-17)23-9-7-20(14-23)8-10-26-15-20/h16-18H,2-15H2,1H3,(H,21,22). The molecule has 1 spiro atoms. The molecule has 0 amide bonds. The zero-order valence-electron chi connectivity index (χ0n) is 16.7. The van der Waals surface area contributed by atoms with Gasteiger partial charge in [-0.3, -0.25) is 4.99 Å². The van der Waals surface area contributed by atoms with Crippen LogP contribution in [0.25, 0.3) is 0 Å². The van der Waals surface area contributed by atoms with Crippen LogP contribution in [0.1, 0.15) is 51.9 Å². The number of guanidine groups is 1. The molecule has 3 heterocycles. The summed E-state index contributed by atoms with van der Waals surface area (Å²) in [7, 11) is -2.84. The molecule has 1 aliphatic carbocycles. The van der Waals surface area contributed by atoms with Crippen molar-refractivity contribution in [3.05, 3.63) is 0 Å². The Hall–Kier alpha value is -0.820. The van der Waals surface area contributed by atoms with Gasteiger partial charge < -0.3 is 15.0 Å². The van der Waals surface area contributed by atoms with E-state index >= 15 is 0 Å². The topological polar surface area (TPSA) is 71.0 Å². The van der Waals surface area contributed by atoms with Crippen molar-refractivity contribution < 1.29 is 13.2 Å². The number of hydrogen-bond donors (Lipinski definition) is 1. The number of aliphatic imine (C=N–C) groups is 1. The highest BCUT2D eigenvalue weighted by atomic mass is 32.2. The average Bonchev–Trinajstić information content (AvgIpc) is 3.35. The van der Waals surface area contributed by atoms with Gasteiger partial charge >= 0.3 is 0 Å². The summed E-state index contributed by atoms with van der Waals surface area (Å²) in [6, 6.07) is 0.487. The molecule has 4 atom stereocenters. The minimum atomic E-state index is -2.84. The van der Waals surface area contributed by atoms with E-state index in [1.54, 1.807) is 0 Å². The predicted octanol–water partition coefficient (Wildman–Crippen LogP) is 2.06. The number of sulfone groups is 1. The summed E-state index contributed by atoms with van der Waals surface area (Å²) in [5.74, 6) is 2.51. The molecule has 4 unspecified atom stereocenters. The average molecular weight is 398 g/mol. The summed E-state index contributed by atoms with van der Waals surface area (Å²) < 4.78 is 29.3. The zero-order chi connectivity index (χ0) is 18.9. The van der Waals surface area contributed by atoms with E-state index in [0.29, 0.717) is 35.4 Å². The Morgan fingerprint density at radius 3 is 2.81 bits per heavy atom. The number of likely N-dealkylation sites (tertiary alicyclic amines) is 1. The van der Waals surface area contributed by atoms with Crippen LogP contribution in [0.2, 0.25) is 0 Å². The molecule has 0 aromatic carbocycles. The van der Waals surface area contributed by atoms with Crippen LogP contribution in [0, 0.1) is 17.3 Å². The van der Waals surface area contributed by atoms with Crippen molar-refractivity contribution in [2.75, 3.05) is 44.4 Å². The maximum absolute atomic E-state index is 11.8. The fourth-order valence-electron chi connectivity index (χ4n) is 5.25. The van der Waals surface area contributed by atoms with Crippen LogP contribution in [0.3, 0.4) is 0 Å². The van der Waals surface area contributed by atoms with Crippen molar-refractivity contribution in [2.45, 2.75) is 57.9 Å². The molecular formula is C20H35N3O3S. The maximum atomic E-state index is 11.8. The summed E-state index contributed by atoms with van der Waals surface area (Å²) >= 11 is 0. The Bertz CT molecular complexity index is 657. The molecule has 154 valence electrons. The molecule has 0 radical (unpaired) electrons. The molecule has 0 aromatic rings. The second-order valence-electron chi connectivity index (χ2n) is 9.42. The summed E-state index contributed by atoms with van der Waals surface area (Å²) in [5.41, 5.74) is 0.303. The molecular weight excluding hydrogens is 362 g/mol. The van der Waals surface area contributed by atoms with E-state index in [2.05, 4.69) is 17.1 Å². The first-order valence-corrected chi connectivity index (χ1v) is 12.6. The highest BCUT2D eigenvalue weighted by Gasteiger charge is 2.42. The van der Waals surface area contributed by atoms with Gasteiger partial charge in [-0.05, 0) is 43.9 Å². The molecule has 4 rings (SSSR count). The first-order chi connectivity index (χ1) is 12.9. The van der Waals surface area contributed by atoms with Gasteiger partial charge in [-0.15, -0.1) is 0 Å². The highest BCUT2D eigenvalue weighted by Crippen LogP contribution is 2.38. The summed E-state index contributed by atoms with van der Waals surface area (Å²) in [6.07, 6.45) is 8.19. The second kappa shape index (κ2) is 7.90. The lowest BCUT2D eigenvalue weighted by Gasteiger charge is -2.34. The maximum Gasteiger partial charge on any atom is 0.194 e. The minimum Gasteiger partial charge on any atom is -0.381 e. The fraction of sp³-hybridized carbons (Fsp3) is 0.950. The van der Waals surface area contributed by atoms with Crippen LogP contribution in [-0.2, 0) is 14.6 Å². The molecule has 3 aliphatic heterocycles. The van der Waals surface area contributed by atoms with Crippen LogP contribution in [0.15, 0.2) is 4.99 Å². The SMILES string of the molecule is CC1CCCCC1NC(=NCC1CCS(=O)(=O)C1)N1CCC2(CCOC2)C1. The van der Waals surface area contributed by atoms with Gasteiger partial charge in [0.05, 0.1) is 18.1 Å². The van der Waals surface area contributed by atoms with Crippen LogP contribution < -0.4 is 5.32 Å². The number of ether oxygens (including phenoxy) is 1. The van der Waals surface area contributed by atoms with Crippen LogP contribution in [-0.4, -0.2) is 69.7 Å².